The second kappa shape index (κ2) is 8.15. The molecule has 0 aliphatic carbocycles. The Hall–Kier alpha value is -2.82. The highest BCUT2D eigenvalue weighted by molar-refractivity contribution is 5.80. The summed E-state index contributed by atoms with van der Waals surface area (Å²) in [5.41, 5.74) is 3.12. The molecule has 0 saturated carbocycles. The lowest BCUT2D eigenvalue weighted by Crippen LogP contribution is -2.23. The van der Waals surface area contributed by atoms with E-state index in [9.17, 15) is 9.59 Å². The van der Waals surface area contributed by atoms with Crippen molar-refractivity contribution in [2.45, 2.75) is 33.2 Å². The van der Waals surface area contributed by atoms with Crippen LogP contribution in [0.2, 0.25) is 0 Å². The largest absolute Gasteiger partial charge is 0.481 e. The van der Waals surface area contributed by atoms with Crippen LogP contribution < -0.4 is 10.1 Å². The molecule has 2 aromatic carbocycles. The molecule has 126 valence electrons. The molecule has 0 heterocycles. The first-order chi connectivity index (χ1) is 11.4. The topological polar surface area (TPSA) is 75.6 Å². The number of carbonyl (C=O) groups is 2. The normalized spacial score (nSPS) is 10.2. The van der Waals surface area contributed by atoms with Crippen molar-refractivity contribution in [2.24, 2.45) is 0 Å². The van der Waals surface area contributed by atoms with Crippen LogP contribution in [0.15, 0.2) is 42.5 Å². The van der Waals surface area contributed by atoms with Crippen LogP contribution in [0, 0.1) is 13.8 Å². The molecule has 0 spiro atoms. The standard InChI is InChI=1S/C19H21NO4/c1-13-3-4-14(2)17(11-13)24-16-7-5-15(6-8-16)12-20-18(21)9-10-19(22)23/h3-8,11H,9-10,12H2,1-2H3,(H,20,21)(H,22,23). The molecule has 2 aromatic rings. The lowest BCUT2D eigenvalue weighted by molar-refractivity contribution is -0.138. The summed E-state index contributed by atoms with van der Waals surface area (Å²) in [6, 6.07) is 13.5. The zero-order valence-electron chi connectivity index (χ0n) is 13.8. The maximum absolute atomic E-state index is 11.5. The highest BCUT2D eigenvalue weighted by atomic mass is 16.5. The van der Waals surface area contributed by atoms with Crippen LogP contribution in [-0.4, -0.2) is 17.0 Å². The fourth-order valence-corrected chi connectivity index (χ4v) is 2.13. The molecule has 0 saturated heterocycles. The van der Waals surface area contributed by atoms with Crippen LogP contribution in [0.3, 0.4) is 0 Å². The number of benzene rings is 2. The molecule has 24 heavy (non-hydrogen) atoms. The van der Waals surface area contributed by atoms with Gasteiger partial charge in [-0.25, -0.2) is 0 Å². The predicted octanol–water partition coefficient (Wildman–Crippen LogP) is 3.58. The van der Waals surface area contributed by atoms with Gasteiger partial charge in [-0.05, 0) is 48.7 Å². The van der Waals surface area contributed by atoms with Crippen LogP contribution in [-0.2, 0) is 16.1 Å². The van der Waals surface area contributed by atoms with Gasteiger partial charge < -0.3 is 15.2 Å². The average Bonchev–Trinajstić information content (AvgIpc) is 2.55. The third kappa shape index (κ3) is 5.43. The van der Waals surface area contributed by atoms with E-state index in [1.54, 1.807) is 0 Å². The minimum Gasteiger partial charge on any atom is -0.481 e. The first-order valence-electron chi connectivity index (χ1n) is 7.76. The number of amides is 1. The number of nitrogens with one attached hydrogen (secondary N) is 1. The number of carbonyl (C=O) groups excluding carboxylic acids is 1. The van der Waals surface area contributed by atoms with Crippen LogP contribution in [0.5, 0.6) is 11.5 Å². The lowest BCUT2D eigenvalue weighted by atomic mass is 10.1. The summed E-state index contributed by atoms with van der Waals surface area (Å²) in [7, 11) is 0. The first kappa shape index (κ1) is 17.5. The summed E-state index contributed by atoms with van der Waals surface area (Å²) in [6.07, 6.45) is -0.169. The highest BCUT2D eigenvalue weighted by Gasteiger charge is 2.06. The Morgan fingerprint density at radius 3 is 2.42 bits per heavy atom. The van der Waals surface area contributed by atoms with Crippen molar-refractivity contribution in [3.63, 3.8) is 0 Å². The fraction of sp³-hybridized carbons (Fsp3) is 0.263. The monoisotopic (exact) mass is 327 g/mol. The van der Waals surface area contributed by atoms with Gasteiger partial charge >= 0.3 is 5.97 Å². The molecule has 0 aliphatic rings. The maximum Gasteiger partial charge on any atom is 0.303 e. The van der Waals surface area contributed by atoms with E-state index in [0.717, 1.165) is 28.2 Å². The summed E-state index contributed by atoms with van der Waals surface area (Å²) >= 11 is 0. The molecule has 5 nitrogen and oxygen atoms in total. The molecule has 1 amide bonds. The van der Waals surface area contributed by atoms with Crippen LogP contribution in [0.1, 0.15) is 29.5 Å². The van der Waals surface area contributed by atoms with Crippen LogP contribution in [0.4, 0.5) is 0 Å². The number of rotatable bonds is 7. The smallest absolute Gasteiger partial charge is 0.303 e. The Labute approximate surface area is 141 Å². The van der Waals surface area contributed by atoms with E-state index in [0.29, 0.717) is 6.54 Å². The Kier molecular flexibility index (Phi) is 5.95. The minimum absolute atomic E-state index is 0.0108. The van der Waals surface area contributed by atoms with Gasteiger partial charge in [0.1, 0.15) is 11.5 Å². The molecule has 5 heteroatoms. The quantitative estimate of drug-likeness (QED) is 0.815. The van der Waals surface area contributed by atoms with Crippen molar-refractivity contribution in [2.75, 3.05) is 0 Å². The molecule has 2 N–H and O–H groups in total. The number of aryl methyl sites for hydroxylation is 2. The van der Waals surface area contributed by atoms with Gasteiger partial charge in [0.25, 0.3) is 0 Å². The molecular weight excluding hydrogens is 306 g/mol. The van der Waals surface area contributed by atoms with E-state index in [1.165, 1.54) is 0 Å². The van der Waals surface area contributed by atoms with Gasteiger partial charge in [-0.1, -0.05) is 24.3 Å². The van der Waals surface area contributed by atoms with Crippen molar-refractivity contribution >= 4 is 11.9 Å². The number of carboxylic acids is 1. The second-order valence-electron chi connectivity index (χ2n) is 5.69. The zero-order chi connectivity index (χ0) is 17.5. The van der Waals surface area contributed by atoms with Crippen molar-refractivity contribution in [3.05, 3.63) is 59.2 Å². The van der Waals surface area contributed by atoms with E-state index < -0.39 is 5.97 Å². The molecule has 0 bridgehead atoms. The SMILES string of the molecule is Cc1ccc(C)c(Oc2ccc(CNC(=O)CCC(=O)O)cc2)c1. The number of aliphatic carboxylic acids is 1. The molecular formula is C19H21NO4. The molecule has 2 rings (SSSR count). The summed E-state index contributed by atoms with van der Waals surface area (Å²) < 4.78 is 5.88. The summed E-state index contributed by atoms with van der Waals surface area (Å²) in [5, 5.41) is 11.2. The number of hydrogen-bond donors (Lipinski definition) is 2. The van der Waals surface area contributed by atoms with E-state index in [4.69, 9.17) is 9.84 Å². The zero-order valence-corrected chi connectivity index (χ0v) is 13.8. The Balaban J connectivity index is 1.90. The molecule has 0 aliphatic heterocycles. The summed E-state index contributed by atoms with van der Waals surface area (Å²) in [5.74, 6) is 0.306. The first-order valence-corrected chi connectivity index (χ1v) is 7.76. The van der Waals surface area contributed by atoms with Crippen molar-refractivity contribution < 1.29 is 19.4 Å². The van der Waals surface area contributed by atoms with Gasteiger partial charge in [0.15, 0.2) is 0 Å². The third-order valence-electron chi connectivity index (χ3n) is 3.55. The van der Waals surface area contributed by atoms with Crippen molar-refractivity contribution in [3.8, 4) is 11.5 Å². The molecule has 0 atom stereocenters. The van der Waals surface area contributed by atoms with Crippen LogP contribution >= 0.6 is 0 Å². The predicted molar refractivity (Wildman–Crippen MR) is 91.1 cm³/mol. The van der Waals surface area contributed by atoms with E-state index >= 15 is 0 Å². The summed E-state index contributed by atoms with van der Waals surface area (Å²) in [4.78, 5) is 21.9. The Bertz CT molecular complexity index is 723. The number of carboxylic acid groups (broad SMARTS) is 1. The molecule has 0 fully saturated rings. The molecule has 0 unspecified atom stereocenters. The van der Waals surface area contributed by atoms with Gasteiger partial charge in [-0.2, -0.15) is 0 Å². The van der Waals surface area contributed by atoms with Gasteiger partial charge in [0.2, 0.25) is 5.91 Å². The average molecular weight is 327 g/mol. The van der Waals surface area contributed by atoms with Crippen LogP contribution in [0.25, 0.3) is 0 Å². The van der Waals surface area contributed by atoms with Gasteiger partial charge in [0.05, 0.1) is 6.42 Å². The molecule has 0 radical (unpaired) electrons. The second-order valence-corrected chi connectivity index (χ2v) is 5.69. The van der Waals surface area contributed by atoms with Crippen molar-refractivity contribution in [1.29, 1.82) is 0 Å². The van der Waals surface area contributed by atoms with Gasteiger partial charge in [-0.3, -0.25) is 9.59 Å². The van der Waals surface area contributed by atoms with E-state index in [1.807, 2.05) is 56.3 Å². The summed E-state index contributed by atoms with van der Waals surface area (Å²) in [6.45, 7) is 4.38. The lowest BCUT2D eigenvalue weighted by Gasteiger charge is -2.10. The van der Waals surface area contributed by atoms with E-state index in [2.05, 4.69) is 5.32 Å². The fourth-order valence-electron chi connectivity index (χ4n) is 2.13. The van der Waals surface area contributed by atoms with Crippen molar-refractivity contribution in [1.82, 2.24) is 5.32 Å². The van der Waals surface area contributed by atoms with Gasteiger partial charge in [0, 0.05) is 13.0 Å². The third-order valence-corrected chi connectivity index (χ3v) is 3.55. The number of hydrogen-bond acceptors (Lipinski definition) is 3. The maximum atomic E-state index is 11.5. The van der Waals surface area contributed by atoms with Gasteiger partial charge in [-0.15, -0.1) is 0 Å². The Morgan fingerprint density at radius 1 is 1.04 bits per heavy atom. The van der Waals surface area contributed by atoms with E-state index in [-0.39, 0.29) is 18.7 Å². The number of ether oxygens (including phenoxy) is 1. The highest BCUT2D eigenvalue weighted by Crippen LogP contribution is 2.26. The molecule has 0 aromatic heterocycles. The Morgan fingerprint density at radius 2 is 1.75 bits per heavy atom. The minimum atomic E-state index is -0.974.